The van der Waals surface area contributed by atoms with Crippen LogP contribution in [-0.4, -0.2) is 48.6 Å². The summed E-state index contributed by atoms with van der Waals surface area (Å²) in [6.07, 6.45) is 2.63. The zero-order chi connectivity index (χ0) is 33.6. The van der Waals surface area contributed by atoms with Gasteiger partial charge in [0.1, 0.15) is 11.9 Å². The van der Waals surface area contributed by atoms with E-state index in [2.05, 4.69) is 22.3 Å². The van der Waals surface area contributed by atoms with Crippen LogP contribution in [-0.2, 0) is 20.7 Å². The molecular formula is C37H50FN3O4. The SMILES string of the molecule is CCOC(=O)C[C@H](NC(=O)C(CC(C)C)n1cc(CCN(C)C)c(C)cc1=O)c1cc(-c2c(C)cc(C)cc2C)cc(C)c1F. The largest absolute Gasteiger partial charge is 0.466 e. The van der Waals surface area contributed by atoms with Crippen molar-refractivity contribution >= 4 is 11.9 Å². The van der Waals surface area contributed by atoms with Crippen LogP contribution in [0.1, 0.15) is 84.6 Å². The van der Waals surface area contributed by atoms with Crippen molar-refractivity contribution < 1.29 is 18.7 Å². The summed E-state index contributed by atoms with van der Waals surface area (Å²) in [5.74, 6) is -1.41. The number of ether oxygens (including phenoxy) is 1. The first kappa shape index (κ1) is 35.7. The van der Waals surface area contributed by atoms with Crippen molar-refractivity contribution in [1.29, 1.82) is 0 Å². The number of esters is 1. The molecule has 244 valence electrons. The van der Waals surface area contributed by atoms with Gasteiger partial charge >= 0.3 is 5.97 Å². The van der Waals surface area contributed by atoms with Gasteiger partial charge in [-0.2, -0.15) is 0 Å². The van der Waals surface area contributed by atoms with Crippen LogP contribution in [0, 0.1) is 46.4 Å². The molecule has 8 heteroatoms. The van der Waals surface area contributed by atoms with Crippen LogP contribution in [0.5, 0.6) is 0 Å². The number of rotatable bonds is 13. The second-order valence-electron chi connectivity index (χ2n) is 13.0. The Morgan fingerprint density at radius 2 is 1.60 bits per heavy atom. The van der Waals surface area contributed by atoms with Crippen LogP contribution in [0.3, 0.4) is 0 Å². The molecule has 0 aliphatic carbocycles. The quantitative estimate of drug-likeness (QED) is 0.216. The lowest BCUT2D eigenvalue weighted by Gasteiger charge is -2.27. The fourth-order valence-corrected chi connectivity index (χ4v) is 6.05. The smallest absolute Gasteiger partial charge is 0.308 e. The van der Waals surface area contributed by atoms with E-state index < -0.39 is 29.8 Å². The van der Waals surface area contributed by atoms with Gasteiger partial charge < -0.3 is 19.5 Å². The number of carbonyl (C=O) groups is 2. The Bertz CT molecular complexity index is 1570. The first-order valence-corrected chi connectivity index (χ1v) is 15.8. The van der Waals surface area contributed by atoms with Crippen molar-refractivity contribution in [2.45, 2.75) is 86.7 Å². The van der Waals surface area contributed by atoms with E-state index in [1.54, 1.807) is 38.2 Å². The number of aryl methyl sites for hydroxylation is 5. The van der Waals surface area contributed by atoms with Crippen molar-refractivity contribution in [2.75, 3.05) is 27.2 Å². The van der Waals surface area contributed by atoms with Gasteiger partial charge in [-0.15, -0.1) is 0 Å². The maximum absolute atomic E-state index is 16.0. The van der Waals surface area contributed by atoms with E-state index in [0.717, 1.165) is 51.9 Å². The number of likely N-dealkylation sites (N-methyl/N-ethyl adjacent to an activating group) is 1. The fraction of sp³-hybridized carbons (Fsp3) is 0.486. The summed E-state index contributed by atoms with van der Waals surface area (Å²) in [6.45, 7) is 16.3. The van der Waals surface area contributed by atoms with Gasteiger partial charge in [0.15, 0.2) is 0 Å². The van der Waals surface area contributed by atoms with Gasteiger partial charge in [-0.3, -0.25) is 14.4 Å². The third-order valence-corrected chi connectivity index (χ3v) is 8.17. The summed E-state index contributed by atoms with van der Waals surface area (Å²) < 4.78 is 22.7. The molecule has 0 saturated carbocycles. The highest BCUT2D eigenvalue weighted by molar-refractivity contribution is 5.82. The van der Waals surface area contributed by atoms with Gasteiger partial charge in [-0.25, -0.2) is 4.39 Å². The fourth-order valence-electron chi connectivity index (χ4n) is 6.05. The molecule has 0 bridgehead atoms. The Hall–Kier alpha value is -3.78. The lowest BCUT2D eigenvalue weighted by molar-refractivity contribution is -0.144. The number of nitrogens with zero attached hydrogens (tertiary/aromatic N) is 2. The van der Waals surface area contributed by atoms with E-state index in [9.17, 15) is 14.4 Å². The average Bonchev–Trinajstić information content (AvgIpc) is 2.92. The van der Waals surface area contributed by atoms with Gasteiger partial charge in [0.25, 0.3) is 5.56 Å². The Labute approximate surface area is 267 Å². The molecule has 0 aliphatic rings. The van der Waals surface area contributed by atoms with E-state index in [-0.39, 0.29) is 30.1 Å². The molecule has 0 aliphatic heterocycles. The Kier molecular flexibility index (Phi) is 12.3. The molecule has 0 radical (unpaired) electrons. The van der Waals surface area contributed by atoms with Crippen LogP contribution >= 0.6 is 0 Å². The van der Waals surface area contributed by atoms with Gasteiger partial charge in [0.2, 0.25) is 5.91 Å². The van der Waals surface area contributed by atoms with E-state index in [1.165, 1.54) is 4.57 Å². The molecule has 0 fully saturated rings. The highest BCUT2D eigenvalue weighted by atomic mass is 19.1. The number of nitrogens with one attached hydrogen (secondary N) is 1. The number of pyridine rings is 1. The van der Waals surface area contributed by atoms with E-state index in [0.29, 0.717) is 12.0 Å². The summed E-state index contributed by atoms with van der Waals surface area (Å²) >= 11 is 0. The highest BCUT2D eigenvalue weighted by Crippen LogP contribution is 2.34. The van der Waals surface area contributed by atoms with Crippen molar-refractivity contribution in [1.82, 2.24) is 14.8 Å². The van der Waals surface area contributed by atoms with Gasteiger partial charge in [-0.05, 0) is 125 Å². The number of amides is 1. The molecule has 2 atom stereocenters. The number of carbonyl (C=O) groups excluding carboxylic acids is 2. The predicted molar refractivity (Wildman–Crippen MR) is 179 cm³/mol. The minimum atomic E-state index is -1.01. The molecule has 3 aromatic rings. The lowest BCUT2D eigenvalue weighted by Crippen LogP contribution is -2.40. The molecule has 2 aromatic carbocycles. The van der Waals surface area contributed by atoms with Crippen LogP contribution in [0.15, 0.2) is 41.3 Å². The first-order chi connectivity index (χ1) is 21.1. The Morgan fingerprint density at radius 3 is 2.18 bits per heavy atom. The Balaban J connectivity index is 2.13. The predicted octanol–water partition coefficient (Wildman–Crippen LogP) is 6.70. The maximum atomic E-state index is 16.0. The third kappa shape index (κ3) is 9.13. The van der Waals surface area contributed by atoms with Crippen LogP contribution in [0.4, 0.5) is 4.39 Å². The molecule has 3 rings (SSSR count). The van der Waals surface area contributed by atoms with Gasteiger partial charge in [0, 0.05) is 24.4 Å². The summed E-state index contributed by atoms with van der Waals surface area (Å²) in [5, 5.41) is 2.98. The van der Waals surface area contributed by atoms with Crippen molar-refractivity contribution in [3.8, 4) is 11.1 Å². The summed E-state index contributed by atoms with van der Waals surface area (Å²) in [6, 6.07) is 7.41. The summed E-state index contributed by atoms with van der Waals surface area (Å²) in [7, 11) is 3.97. The number of aromatic nitrogens is 1. The minimum Gasteiger partial charge on any atom is -0.466 e. The number of benzene rings is 2. The topological polar surface area (TPSA) is 80.6 Å². The zero-order valence-electron chi connectivity index (χ0n) is 28.6. The van der Waals surface area contributed by atoms with E-state index >= 15 is 4.39 Å². The van der Waals surface area contributed by atoms with E-state index in [4.69, 9.17) is 4.74 Å². The molecule has 1 aromatic heterocycles. The molecule has 1 unspecified atom stereocenters. The van der Waals surface area contributed by atoms with Crippen LogP contribution in [0.25, 0.3) is 11.1 Å². The van der Waals surface area contributed by atoms with Crippen LogP contribution < -0.4 is 10.9 Å². The molecule has 7 nitrogen and oxygen atoms in total. The third-order valence-electron chi connectivity index (χ3n) is 8.17. The van der Waals surface area contributed by atoms with Crippen molar-refractivity contribution in [3.63, 3.8) is 0 Å². The lowest BCUT2D eigenvalue weighted by atomic mass is 9.89. The molecule has 1 heterocycles. The zero-order valence-corrected chi connectivity index (χ0v) is 28.6. The van der Waals surface area contributed by atoms with Crippen molar-refractivity contribution in [2.24, 2.45) is 5.92 Å². The molecule has 0 saturated heterocycles. The molecule has 1 N–H and O–H groups in total. The summed E-state index contributed by atoms with van der Waals surface area (Å²) in [4.78, 5) is 42.4. The van der Waals surface area contributed by atoms with Crippen LogP contribution in [0.2, 0.25) is 0 Å². The van der Waals surface area contributed by atoms with Gasteiger partial charge in [0.05, 0.1) is 19.1 Å². The molecule has 1 amide bonds. The second kappa shape index (κ2) is 15.5. The second-order valence-corrected chi connectivity index (χ2v) is 13.0. The Morgan fingerprint density at radius 1 is 0.956 bits per heavy atom. The number of halogens is 1. The first-order valence-electron chi connectivity index (χ1n) is 15.8. The monoisotopic (exact) mass is 619 g/mol. The maximum Gasteiger partial charge on any atom is 0.308 e. The highest BCUT2D eigenvalue weighted by Gasteiger charge is 2.30. The minimum absolute atomic E-state index is 0.0810. The average molecular weight is 620 g/mol. The number of hydrogen-bond acceptors (Lipinski definition) is 5. The molecule has 0 spiro atoms. The van der Waals surface area contributed by atoms with Gasteiger partial charge in [-0.1, -0.05) is 31.5 Å². The van der Waals surface area contributed by atoms with E-state index in [1.807, 2.05) is 55.6 Å². The molecule has 45 heavy (non-hydrogen) atoms. The van der Waals surface area contributed by atoms with Crippen molar-refractivity contribution in [3.05, 3.63) is 91.6 Å². The number of hydrogen-bond donors (Lipinski definition) is 1. The standard InChI is InChI=1S/C37H50FN3O4/c1-11-45-34(43)20-31(30-19-29(17-27(8)36(30)38)35-25(6)15-23(4)16-26(35)7)39-37(44)32(14-22(2)3)41-21-28(12-13-40(9)10)24(5)18-33(41)42/h15-19,21-22,31-32H,11-14,20H2,1-10H3,(H,39,44)/t31-,32?/m0/s1. The molecular weight excluding hydrogens is 569 g/mol. The summed E-state index contributed by atoms with van der Waals surface area (Å²) in [5.41, 5.74) is 7.21. The normalized spacial score (nSPS) is 12.8.